The van der Waals surface area contributed by atoms with Crippen molar-refractivity contribution in [1.82, 2.24) is 19.9 Å². The van der Waals surface area contributed by atoms with Crippen LogP contribution in [0.5, 0.6) is 0 Å². The standard InChI is InChI=1S/C12H9N5/c13-11-5-8(2-4-15-11)12-16-6-9-1-3-14-7-10(9)17-12/h1-7H,(H2,13,15). The van der Waals surface area contributed by atoms with E-state index < -0.39 is 0 Å². The second-order valence-electron chi connectivity index (χ2n) is 3.60. The van der Waals surface area contributed by atoms with Crippen molar-refractivity contribution in [2.45, 2.75) is 0 Å². The number of aromatic nitrogens is 4. The van der Waals surface area contributed by atoms with Crippen LogP contribution in [0.4, 0.5) is 5.82 Å². The second-order valence-corrected chi connectivity index (χ2v) is 3.60. The van der Waals surface area contributed by atoms with Gasteiger partial charge in [-0.1, -0.05) is 0 Å². The molecule has 0 radical (unpaired) electrons. The van der Waals surface area contributed by atoms with Crippen LogP contribution in [-0.2, 0) is 0 Å². The molecule has 0 aliphatic carbocycles. The molecule has 3 aromatic rings. The summed E-state index contributed by atoms with van der Waals surface area (Å²) in [5.41, 5.74) is 7.29. The number of hydrogen-bond donors (Lipinski definition) is 1. The molecule has 3 heterocycles. The van der Waals surface area contributed by atoms with Gasteiger partial charge in [-0.2, -0.15) is 0 Å². The molecule has 0 fully saturated rings. The number of nitrogens with zero attached hydrogens (tertiary/aromatic N) is 4. The molecule has 5 heteroatoms. The van der Waals surface area contributed by atoms with E-state index >= 15 is 0 Å². The van der Waals surface area contributed by atoms with Gasteiger partial charge in [0.2, 0.25) is 0 Å². The van der Waals surface area contributed by atoms with Gasteiger partial charge in [0, 0.05) is 29.5 Å². The van der Waals surface area contributed by atoms with Crippen molar-refractivity contribution in [2.24, 2.45) is 0 Å². The summed E-state index contributed by atoms with van der Waals surface area (Å²) in [5.74, 6) is 1.08. The van der Waals surface area contributed by atoms with E-state index in [4.69, 9.17) is 5.73 Å². The Bertz CT molecular complexity index is 680. The zero-order valence-corrected chi connectivity index (χ0v) is 8.91. The molecule has 5 nitrogen and oxygen atoms in total. The fraction of sp³-hybridized carbons (Fsp3) is 0. The van der Waals surface area contributed by atoms with E-state index in [0.29, 0.717) is 11.6 Å². The number of pyridine rings is 2. The summed E-state index contributed by atoms with van der Waals surface area (Å²) in [5, 5.41) is 0.964. The van der Waals surface area contributed by atoms with Crippen molar-refractivity contribution in [3.63, 3.8) is 0 Å². The maximum Gasteiger partial charge on any atom is 0.160 e. The fourth-order valence-electron chi connectivity index (χ4n) is 1.60. The van der Waals surface area contributed by atoms with Gasteiger partial charge >= 0.3 is 0 Å². The first kappa shape index (κ1) is 9.65. The number of nitrogens with two attached hydrogens (primary N) is 1. The number of anilines is 1. The Balaban J connectivity index is 2.18. The smallest absolute Gasteiger partial charge is 0.160 e. The van der Waals surface area contributed by atoms with Crippen LogP contribution in [0.1, 0.15) is 0 Å². The molecule has 0 amide bonds. The Labute approximate surface area is 97.4 Å². The Morgan fingerprint density at radius 2 is 1.94 bits per heavy atom. The van der Waals surface area contributed by atoms with E-state index in [-0.39, 0.29) is 0 Å². The molecule has 0 aliphatic rings. The van der Waals surface area contributed by atoms with Crippen molar-refractivity contribution in [2.75, 3.05) is 5.73 Å². The minimum Gasteiger partial charge on any atom is -0.384 e. The molecule has 2 N–H and O–H groups in total. The topological polar surface area (TPSA) is 77.6 Å². The van der Waals surface area contributed by atoms with Gasteiger partial charge in [0.1, 0.15) is 5.82 Å². The predicted molar refractivity (Wildman–Crippen MR) is 65.0 cm³/mol. The number of hydrogen-bond acceptors (Lipinski definition) is 5. The highest BCUT2D eigenvalue weighted by atomic mass is 14.9. The summed E-state index contributed by atoms with van der Waals surface area (Å²) in [6.45, 7) is 0. The first-order chi connectivity index (χ1) is 8.33. The minimum absolute atomic E-state index is 0.456. The van der Waals surface area contributed by atoms with Gasteiger partial charge in [-0.05, 0) is 18.2 Å². The monoisotopic (exact) mass is 223 g/mol. The van der Waals surface area contributed by atoms with E-state index in [1.165, 1.54) is 0 Å². The van der Waals surface area contributed by atoms with Crippen molar-refractivity contribution in [3.8, 4) is 11.4 Å². The lowest BCUT2D eigenvalue weighted by Crippen LogP contribution is -1.93. The SMILES string of the molecule is Nc1cc(-c2ncc3ccncc3n2)ccn1. The molecular weight excluding hydrogens is 214 g/mol. The molecule has 3 rings (SSSR count). The molecule has 17 heavy (non-hydrogen) atoms. The average Bonchev–Trinajstić information content (AvgIpc) is 2.38. The van der Waals surface area contributed by atoms with E-state index in [9.17, 15) is 0 Å². The molecule has 0 atom stereocenters. The van der Waals surface area contributed by atoms with E-state index in [1.807, 2.05) is 12.1 Å². The molecule has 0 spiro atoms. The quantitative estimate of drug-likeness (QED) is 0.679. The highest BCUT2D eigenvalue weighted by molar-refractivity contribution is 5.78. The largest absolute Gasteiger partial charge is 0.384 e. The van der Waals surface area contributed by atoms with Gasteiger partial charge in [-0.3, -0.25) is 4.98 Å². The predicted octanol–water partition coefficient (Wildman–Crippen LogP) is 1.67. The van der Waals surface area contributed by atoms with Crippen LogP contribution in [0.2, 0.25) is 0 Å². The lowest BCUT2D eigenvalue weighted by atomic mass is 10.2. The maximum absolute atomic E-state index is 5.63. The third kappa shape index (κ3) is 1.78. The Kier molecular flexibility index (Phi) is 2.15. The van der Waals surface area contributed by atoms with Crippen LogP contribution in [0.25, 0.3) is 22.3 Å². The van der Waals surface area contributed by atoms with Gasteiger partial charge in [-0.15, -0.1) is 0 Å². The van der Waals surface area contributed by atoms with Crippen LogP contribution in [-0.4, -0.2) is 19.9 Å². The minimum atomic E-state index is 0.456. The molecule has 0 aromatic carbocycles. The normalized spacial score (nSPS) is 10.6. The summed E-state index contributed by atoms with van der Waals surface area (Å²) in [6, 6.07) is 5.45. The number of fused-ring (bicyclic) bond motifs is 1. The van der Waals surface area contributed by atoms with Crippen molar-refractivity contribution < 1.29 is 0 Å². The van der Waals surface area contributed by atoms with Gasteiger partial charge in [0.05, 0.1) is 11.7 Å². The summed E-state index contributed by atoms with van der Waals surface area (Å²) in [4.78, 5) is 16.7. The van der Waals surface area contributed by atoms with E-state index in [1.54, 1.807) is 30.9 Å². The van der Waals surface area contributed by atoms with E-state index in [0.717, 1.165) is 16.5 Å². The molecule has 82 valence electrons. The zero-order valence-electron chi connectivity index (χ0n) is 8.91. The first-order valence-corrected chi connectivity index (χ1v) is 5.11. The number of rotatable bonds is 1. The van der Waals surface area contributed by atoms with Crippen LogP contribution >= 0.6 is 0 Å². The third-order valence-corrected chi connectivity index (χ3v) is 2.42. The zero-order chi connectivity index (χ0) is 11.7. The summed E-state index contributed by atoms with van der Waals surface area (Å²) in [6.07, 6.45) is 6.85. The summed E-state index contributed by atoms with van der Waals surface area (Å²) in [7, 11) is 0. The molecule has 0 bridgehead atoms. The lowest BCUT2D eigenvalue weighted by molar-refractivity contribution is 1.20. The van der Waals surface area contributed by atoms with E-state index in [2.05, 4.69) is 19.9 Å². The fourth-order valence-corrected chi connectivity index (χ4v) is 1.60. The third-order valence-electron chi connectivity index (χ3n) is 2.42. The van der Waals surface area contributed by atoms with Crippen LogP contribution in [0, 0.1) is 0 Å². The first-order valence-electron chi connectivity index (χ1n) is 5.11. The van der Waals surface area contributed by atoms with Crippen molar-refractivity contribution in [1.29, 1.82) is 0 Å². The highest BCUT2D eigenvalue weighted by Gasteiger charge is 2.03. The Morgan fingerprint density at radius 3 is 2.82 bits per heavy atom. The van der Waals surface area contributed by atoms with Crippen molar-refractivity contribution >= 4 is 16.7 Å². The van der Waals surface area contributed by atoms with Crippen LogP contribution < -0.4 is 5.73 Å². The summed E-state index contributed by atoms with van der Waals surface area (Å²) < 4.78 is 0. The summed E-state index contributed by atoms with van der Waals surface area (Å²) >= 11 is 0. The van der Waals surface area contributed by atoms with Gasteiger partial charge in [0.25, 0.3) is 0 Å². The van der Waals surface area contributed by atoms with Gasteiger partial charge in [0.15, 0.2) is 5.82 Å². The molecule has 0 unspecified atom stereocenters. The molecule has 0 saturated carbocycles. The van der Waals surface area contributed by atoms with Crippen LogP contribution in [0.3, 0.4) is 0 Å². The van der Waals surface area contributed by atoms with Gasteiger partial charge in [-0.25, -0.2) is 15.0 Å². The maximum atomic E-state index is 5.63. The molecule has 0 saturated heterocycles. The molecule has 0 aliphatic heterocycles. The Hall–Kier alpha value is -2.56. The highest BCUT2D eigenvalue weighted by Crippen LogP contribution is 2.18. The second kappa shape index (κ2) is 3.79. The Morgan fingerprint density at radius 1 is 1.00 bits per heavy atom. The van der Waals surface area contributed by atoms with Gasteiger partial charge < -0.3 is 5.73 Å². The molecule has 3 aromatic heterocycles. The van der Waals surface area contributed by atoms with Crippen LogP contribution in [0.15, 0.2) is 43.0 Å². The lowest BCUT2D eigenvalue weighted by Gasteiger charge is -2.02. The number of nitrogen functional groups attached to an aromatic ring is 1. The molecular formula is C12H9N5. The average molecular weight is 223 g/mol. The van der Waals surface area contributed by atoms with Crippen molar-refractivity contribution in [3.05, 3.63) is 43.0 Å².